The largest absolute Gasteiger partial charge is 0.317 e. The molecule has 1 N–H and O–H groups in total. The smallest absolute Gasteiger partial charge is 0.0409 e. The Bertz CT molecular complexity index is 435. The Morgan fingerprint density at radius 3 is 2.83 bits per heavy atom. The van der Waals surface area contributed by atoms with Gasteiger partial charge in [-0.2, -0.15) is 0 Å². The average Bonchev–Trinajstić information content (AvgIpc) is 2.65. The summed E-state index contributed by atoms with van der Waals surface area (Å²) in [7, 11) is 0. The van der Waals surface area contributed by atoms with Crippen molar-refractivity contribution >= 4 is 11.6 Å². The highest BCUT2D eigenvalue weighted by Gasteiger charge is 2.43. The first-order chi connectivity index (χ1) is 8.75. The van der Waals surface area contributed by atoms with Crippen LogP contribution in [0.25, 0.3) is 0 Å². The molecule has 1 aromatic rings. The maximum atomic E-state index is 6.23. The lowest BCUT2D eigenvalue weighted by Crippen LogP contribution is -2.38. The molecular weight excluding hydrogens is 242 g/mol. The third-order valence-electron chi connectivity index (χ3n) is 4.86. The second-order valence-corrected chi connectivity index (χ2v) is 6.39. The zero-order chi connectivity index (χ0) is 12.6. The van der Waals surface area contributed by atoms with E-state index < -0.39 is 0 Å². The first-order valence-electron chi connectivity index (χ1n) is 7.26. The van der Waals surface area contributed by atoms with Crippen molar-refractivity contribution < 1.29 is 0 Å². The summed E-state index contributed by atoms with van der Waals surface area (Å²) >= 11 is 6.23. The van der Waals surface area contributed by atoms with Crippen molar-refractivity contribution in [1.82, 2.24) is 5.32 Å². The van der Waals surface area contributed by atoms with Crippen molar-refractivity contribution in [2.75, 3.05) is 13.1 Å². The van der Waals surface area contributed by atoms with Crippen LogP contribution in [-0.4, -0.2) is 13.1 Å². The van der Waals surface area contributed by atoms with Gasteiger partial charge >= 0.3 is 0 Å². The fourth-order valence-electron chi connectivity index (χ4n) is 4.02. The molecule has 1 atom stereocenters. The molecule has 1 heterocycles. The molecule has 2 aliphatic rings. The van der Waals surface area contributed by atoms with E-state index >= 15 is 0 Å². The fraction of sp³-hybridized carbons (Fsp3) is 0.625. The van der Waals surface area contributed by atoms with Crippen LogP contribution in [0.5, 0.6) is 0 Å². The van der Waals surface area contributed by atoms with E-state index in [0.29, 0.717) is 5.41 Å². The van der Waals surface area contributed by atoms with Crippen LogP contribution in [0.1, 0.15) is 56.1 Å². The molecule has 1 unspecified atom stereocenters. The van der Waals surface area contributed by atoms with Gasteiger partial charge in [0, 0.05) is 5.02 Å². The summed E-state index contributed by atoms with van der Waals surface area (Å²) in [6.07, 6.45) is 6.50. The molecule has 1 nitrogen and oxygen atoms in total. The first kappa shape index (κ1) is 12.5. The Balaban J connectivity index is 2.02. The normalized spacial score (nSPS) is 25.3. The van der Waals surface area contributed by atoms with Gasteiger partial charge in [0.1, 0.15) is 0 Å². The molecule has 0 aromatic heterocycles. The molecule has 1 aliphatic heterocycles. The molecule has 0 amide bonds. The number of nitrogens with one attached hydrogen (secondary N) is 1. The SMILES string of the molecule is CCCC1CC2(CCNCC2)c2cc(Cl)ccc21. The molecule has 1 spiro atoms. The Hall–Kier alpha value is -0.530. The number of hydrogen-bond acceptors (Lipinski definition) is 1. The van der Waals surface area contributed by atoms with E-state index in [1.54, 1.807) is 11.1 Å². The topological polar surface area (TPSA) is 12.0 Å². The molecule has 1 saturated heterocycles. The summed E-state index contributed by atoms with van der Waals surface area (Å²) in [4.78, 5) is 0. The molecule has 1 aromatic carbocycles. The van der Waals surface area contributed by atoms with Crippen LogP contribution in [0.2, 0.25) is 5.02 Å². The summed E-state index contributed by atoms with van der Waals surface area (Å²) in [6.45, 7) is 4.61. The summed E-state index contributed by atoms with van der Waals surface area (Å²) < 4.78 is 0. The molecule has 2 heteroatoms. The highest BCUT2D eigenvalue weighted by molar-refractivity contribution is 6.30. The van der Waals surface area contributed by atoms with Crippen molar-refractivity contribution in [3.63, 3.8) is 0 Å². The lowest BCUT2D eigenvalue weighted by molar-refractivity contribution is 0.290. The third-order valence-corrected chi connectivity index (χ3v) is 5.10. The maximum absolute atomic E-state index is 6.23. The van der Waals surface area contributed by atoms with Crippen molar-refractivity contribution in [3.05, 3.63) is 34.3 Å². The van der Waals surface area contributed by atoms with E-state index in [4.69, 9.17) is 11.6 Å². The molecule has 0 radical (unpaired) electrons. The number of hydrogen-bond donors (Lipinski definition) is 1. The standard InChI is InChI=1S/C16H22ClN/c1-2-3-12-11-16(6-8-18-9-7-16)15-10-13(17)4-5-14(12)15/h4-5,10,12,18H,2-3,6-9,11H2,1H3. The van der Waals surface area contributed by atoms with Gasteiger partial charge in [0.2, 0.25) is 0 Å². The van der Waals surface area contributed by atoms with Crippen LogP contribution in [0.4, 0.5) is 0 Å². The third kappa shape index (κ3) is 1.98. The van der Waals surface area contributed by atoms with Gasteiger partial charge in [-0.1, -0.05) is 31.0 Å². The molecule has 0 bridgehead atoms. The van der Waals surface area contributed by atoms with Crippen LogP contribution in [0.15, 0.2) is 18.2 Å². The molecule has 0 saturated carbocycles. The number of rotatable bonds is 2. The predicted molar refractivity (Wildman–Crippen MR) is 77.5 cm³/mol. The van der Waals surface area contributed by atoms with Crippen molar-refractivity contribution in [3.8, 4) is 0 Å². The Morgan fingerprint density at radius 1 is 1.33 bits per heavy atom. The Morgan fingerprint density at radius 2 is 2.11 bits per heavy atom. The van der Waals surface area contributed by atoms with Crippen molar-refractivity contribution in [2.24, 2.45) is 0 Å². The van der Waals surface area contributed by atoms with Gasteiger partial charge in [-0.05, 0) is 73.4 Å². The summed E-state index contributed by atoms with van der Waals surface area (Å²) in [5, 5.41) is 4.40. The zero-order valence-electron chi connectivity index (χ0n) is 11.1. The van der Waals surface area contributed by atoms with Crippen molar-refractivity contribution in [1.29, 1.82) is 0 Å². The van der Waals surface area contributed by atoms with Crippen LogP contribution in [0, 0.1) is 0 Å². The highest BCUT2D eigenvalue weighted by atomic mass is 35.5. The second-order valence-electron chi connectivity index (χ2n) is 5.95. The average molecular weight is 264 g/mol. The minimum atomic E-state index is 0.422. The molecule has 3 rings (SSSR count). The van der Waals surface area contributed by atoms with Gasteiger partial charge in [0.25, 0.3) is 0 Å². The molecule has 1 aliphatic carbocycles. The zero-order valence-corrected chi connectivity index (χ0v) is 11.9. The second kappa shape index (κ2) is 4.86. The Labute approximate surface area is 115 Å². The predicted octanol–water partition coefficient (Wildman–Crippen LogP) is 4.25. The number of piperidine rings is 1. The van der Waals surface area contributed by atoms with E-state index in [2.05, 4.69) is 30.4 Å². The summed E-state index contributed by atoms with van der Waals surface area (Å²) in [5.74, 6) is 0.764. The minimum absolute atomic E-state index is 0.422. The Kier molecular flexibility index (Phi) is 3.38. The molecule has 98 valence electrons. The van der Waals surface area contributed by atoms with Gasteiger partial charge in [-0.25, -0.2) is 0 Å². The van der Waals surface area contributed by atoms with E-state index in [9.17, 15) is 0 Å². The van der Waals surface area contributed by atoms with E-state index in [1.807, 2.05) is 0 Å². The fourth-order valence-corrected chi connectivity index (χ4v) is 4.19. The number of fused-ring (bicyclic) bond motifs is 2. The number of benzene rings is 1. The molecule has 18 heavy (non-hydrogen) atoms. The van der Waals surface area contributed by atoms with Gasteiger partial charge in [-0.3, -0.25) is 0 Å². The lowest BCUT2D eigenvalue weighted by Gasteiger charge is -2.35. The highest BCUT2D eigenvalue weighted by Crippen LogP contribution is 2.52. The quantitative estimate of drug-likeness (QED) is 0.841. The van der Waals surface area contributed by atoms with Gasteiger partial charge in [0.05, 0.1) is 0 Å². The van der Waals surface area contributed by atoms with Gasteiger partial charge in [0.15, 0.2) is 0 Å². The van der Waals surface area contributed by atoms with Gasteiger partial charge < -0.3 is 5.32 Å². The minimum Gasteiger partial charge on any atom is -0.317 e. The van der Waals surface area contributed by atoms with Crippen molar-refractivity contribution in [2.45, 2.75) is 50.4 Å². The first-order valence-corrected chi connectivity index (χ1v) is 7.64. The van der Waals surface area contributed by atoms with Crippen LogP contribution >= 0.6 is 11.6 Å². The lowest BCUT2D eigenvalue weighted by atomic mass is 9.73. The molecule has 1 fully saturated rings. The van der Waals surface area contributed by atoms with Crippen LogP contribution in [0.3, 0.4) is 0 Å². The summed E-state index contributed by atoms with van der Waals surface area (Å²) in [5.41, 5.74) is 3.57. The summed E-state index contributed by atoms with van der Waals surface area (Å²) in [6, 6.07) is 6.61. The maximum Gasteiger partial charge on any atom is 0.0409 e. The van der Waals surface area contributed by atoms with E-state index in [-0.39, 0.29) is 0 Å². The van der Waals surface area contributed by atoms with Crippen LogP contribution < -0.4 is 5.32 Å². The van der Waals surface area contributed by atoms with E-state index in [0.717, 1.165) is 24.0 Å². The molecular formula is C16H22ClN. The van der Waals surface area contributed by atoms with Gasteiger partial charge in [-0.15, -0.1) is 0 Å². The monoisotopic (exact) mass is 263 g/mol. The van der Waals surface area contributed by atoms with E-state index in [1.165, 1.54) is 32.1 Å². The van der Waals surface area contributed by atoms with Crippen LogP contribution in [-0.2, 0) is 5.41 Å². The number of halogens is 1.